The molecule has 0 saturated carbocycles. The fraction of sp³-hybridized carbons (Fsp3) is 0.318. The zero-order chi connectivity index (χ0) is 22.2. The Morgan fingerprint density at radius 1 is 0.969 bits per heavy atom. The molecule has 10 heteroatoms. The van der Waals surface area contributed by atoms with Crippen LogP contribution in [0.15, 0.2) is 61.2 Å². The minimum Gasteiger partial charge on any atom is -0.339 e. The second-order valence-corrected chi connectivity index (χ2v) is 7.45. The third kappa shape index (κ3) is 5.81. The lowest BCUT2D eigenvalue weighted by Crippen LogP contribution is -2.49. The van der Waals surface area contributed by atoms with Gasteiger partial charge in [-0.3, -0.25) is 9.48 Å². The van der Waals surface area contributed by atoms with Crippen molar-refractivity contribution in [3.8, 4) is 0 Å². The molecule has 1 saturated heterocycles. The van der Waals surface area contributed by atoms with E-state index in [4.69, 9.17) is 0 Å². The number of urea groups is 1. The first-order valence-corrected chi connectivity index (χ1v) is 10.6. The minimum atomic E-state index is -0.333. The van der Waals surface area contributed by atoms with Gasteiger partial charge in [-0.2, -0.15) is 5.10 Å². The summed E-state index contributed by atoms with van der Waals surface area (Å²) in [6.07, 6.45) is 7.31. The largest absolute Gasteiger partial charge is 0.339 e. The molecule has 166 valence electrons. The van der Waals surface area contributed by atoms with Gasteiger partial charge < -0.3 is 20.4 Å². The lowest BCUT2D eigenvalue weighted by Gasteiger charge is -2.34. The monoisotopic (exact) mass is 434 g/mol. The molecule has 0 aliphatic carbocycles. The van der Waals surface area contributed by atoms with Gasteiger partial charge in [0.2, 0.25) is 11.9 Å². The Morgan fingerprint density at radius 3 is 2.53 bits per heavy atom. The molecule has 1 aliphatic heterocycles. The van der Waals surface area contributed by atoms with Crippen molar-refractivity contribution >= 4 is 23.6 Å². The predicted octanol–water partition coefficient (Wildman–Crippen LogP) is 1.58. The topological polar surface area (TPSA) is 108 Å². The van der Waals surface area contributed by atoms with Crippen molar-refractivity contribution in [2.45, 2.75) is 13.0 Å². The quantitative estimate of drug-likeness (QED) is 0.585. The third-order valence-electron chi connectivity index (χ3n) is 5.18. The van der Waals surface area contributed by atoms with Crippen LogP contribution < -0.4 is 15.5 Å². The number of piperazine rings is 1. The van der Waals surface area contributed by atoms with Crippen molar-refractivity contribution in [2.75, 3.05) is 42.9 Å². The molecule has 0 bridgehead atoms. The van der Waals surface area contributed by atoms with E-state index in [1.165, 1.54) is 0 Å². The molecule has 3 amide bonds. The Balaban J connectivity index is 1.17. The number of nitrogens with zero attached hydrogens (tertiary/aromatic N) is 6. The van der Waals surface area contributed by atoms with Crippen LogP contribution in [0, 0.1) is 0 Å². The third-order valence-corrected chi connectivity index (χ3v) is 5.18. The van der Waals surface area contributed by atoms with Gasteiger partial charge in [-0.25, -0.2) is 14.8 Å². The lowest BCUT2D eigenvalue weighted by molar-refractivity contribution is -0.131. The normalized spacial score (nSPS) is 13.6. The number of rotatable bonds is 7. The highest BCUT2D eigenvalue weighted by Crippen LogP contribution is 2.12. The van der Waals surface area contributed by atoms with Crippen LogP contribution in [0.25, 0.3) is 0 Å². The standard InChI is InChI=1S/C22H26N8O2/c31-20(28-12-14-29(15-13-28)21-23-7-2-8-24-21)6-10-25-22(32)27-19-5-1-4-18(16-19)17-30-11-3-9-26-30/h1-5,7-9,11,16H,6,10,12-15,17H2,(H2,25,27,32). The van der Waals surface area contributed by atoms with Crippen LogP contribution in [0.3, 0.4) is 0 Å². The number of benzene rings is 1. The lowest BCUT2D eigenvalue weighted by atomic mass is 10.2. The zero-order valence-corrected chi connectivity index (χ0v) is 17.7. The van der Waals surface area contributed by atoms with Crippen LogP contribution in [0.5, 0.6) is 0 Å². The average molecular weight is 435 g/mol. The second-order valence-electron chi connectivity index (χ2n) is 7.45. The van der Waals surface area contributed by atoms with Gasteiger partial charge in [0.15, 0.2) is 0 Å². The van der Waals surface area contributed by atoms with Crippen LogP contribution in [0.2, 0.25) is 0 Å². The van der Waals surface area contributed by atoms with E-state index in [1.807, 2.05) is 46.1 Å². The number of hydrogen-bond acceptors (Lipinski definition) is 6. The van der Waals surface area contributed by atoms with Crippen molar-refractivity contribution < 1.29 is 9.59 Å². The minimum absolute atomic E-state index is 0.0279. The van der Waals surface area contributed by atoms with Crippen molar-refractivity contribution in [2.24, 2.45) is 0 Å². The van der Waals surface area contributed by atoms with E-state index in [1.54, 1.807) is 24.7 Å². The van der Waals surface area contributed by atoms with Gasteiger partial charge >= 0.3 is 6.03 Å². The summed E-state index contributed by atoms with van der Waals surface area (Å²) in [5, 5.41) is 9.76. The molecular weight excluding hydrogens is 408 g/mol. The SMILES string of the molecule is O=C(NCCC(=O)N1CCN(c2ncccn2)CC1)Nc1cccc(Cn2cccn2)c1. The number of amides is 3. The molecule has 4 rings (SSSR count). The molecule has 3 heterocycles. The van der Waals surface area contributed by atoms with Crippen LogP contribution in [-0.2, 0) is 11.3 Å². The number of anilines is 2. The molecule has 0 spiro atoms. The molecule has 1 aromatic carbocycles. The summed E-state index contributed by atoms with van der Waals surface area (Å²) in [5.74, 6) is 0.715. The molecule has 3 aromatic rings. The molecule has 1 aliphatic rings. The summed E-state index contributed by atoms with van der Waals surface area (Å²) in [6, 6.07) is 10.9. The van der Waals surface area contributed by atoms with Crippen LogP contribution in [0.1, 0.15) is 12.0 Å². The highest BCUT2D eigenvalue weighted by atomic mass is 16.2. The second kappa shape index (κ2) is 10.4. The molecular formula is C22H26N8O2. The number of nitrogens with one attached hydrogen (secondary N) is 2. The van der Waals surface area contributed by atoms with Crippen LogP contribution >= 0.6 is 0 Å². The average Bonchev–Trinajstić information content (AvgIpc) is 3.33. The highest BCUT2D eigenvalue weighted by molar-refractivity contribution is 5.89. The van der Waals surface area contributed by atoms with Gasteiger partial charge in [0.05, 0.1) is 6.54 Å². The van der Waals surface area contributed by atoms with Crippen molar-refractivity contribution in [1.29, 1.82) is 0 Å². The van der Waals surface area contributed by atoms with E-state index < -0.39 is 0 Å². The molecule has 2 N–H and O–H groups in total. The summed E-state index contributed by atoms with van der Waals surface area (Å²) in [5.41, 5.74) is 1.72. The first kappa shape index (κ1) is 21.3. The molecule has 1 fully saturated rings. The molecule has 0 atom stereocenters. The highest BCUT2D eigenvalue weighted by Gasteiger charge is 2.22. The fourth-order valence-corrected chi connectivity index (χ4v) is 3.56. The van der Waals surface area contributed by atoms with Gasteiger partial charge in [-0.15, -0.1) is 0 Å². The van der Waals surface area contributed by atoms with Gasteiger partial charge in [-0.1, -0.05) is 12.1 Å². The van der Waals surface area contributed by atoms with Gasteiger partial charge in [0, 0.05) is 69.6 Å². The summed E-state index contributed by atoms with van der Waals surface area (Å²) >= 11 is 0. The maximum absolute atomic E-state index is 12.5. The predicted molar refractivity (Wildman–Crippen MR) is 120 cm³/mol. The van der Waals surface area contributed by atoms with Gasteiger partial charge in [0.1, 0.15) is 0 Å². The van der Waals surface area contributed by atoms with Crippen molar-refractivity contribution in [3.63, 3.8) is 0 Å². The fourth-order valence-electron chi connectivity index (χ4n) is 3.56. The summed E-state index contributed by atoms with van der Waals surface area (Å²) in [7, 11) is 0. The summed E-state index contributed by atoms with van der Waals surface area (Å²) in [4.78, 5) is 37.1. The number of carbonyl (C=O) groups excluding carboxylic acids is 2. The Labute approximate surface area is 186 Å². The number of hydrogen-bond donors (Lipinski definition) is 2. The first-order chi connectivity index (χ1) is 15.7. The van der Waals surface area contributed by atoms with E-state index in [0.717, 1.165) is 5.56 Å². The molecule has 2 aromatic heterocycles. The zero-order valence-electron chi connectivity index (χ0n) is 17.7. The summed E-state index contributed by atoms with van der Waals surface area (Å²) < 4.78 is 1.82. The number of aromatic nitrogens is 4. The molecule has 0 radical (unpaired) electrons. The van der Waals surface area contributed by atoms with Crippen LogP contribution in [-0.4, -0.2) is 69.3 Å². The maximum Gasteiger partial charge on any atom is 0.319 e. The van der Waals surface area contributed by atoms with Gasteiger partial charge in [-0.05, 0) is 29.8 Å². The molecule has 10 nitrogen and oxygen atoms in total. The van der Waals surface area contributed by atoms with E-state index in [9.17, 15) is 9.59 Å². The molecule has 32 heavy (non-hydrogen) atoms. The maximum atomic E-state index is 12.5. The molecule has 0 unspecified atom stereocenters. The smallest absolute Gasteiger partial charge is 0.319 e. The van der Waals surface area contributed by atoms with Crippen LogP contribution in [0.4, 0.5) is 16.4 Å². The number of carbonyl (C=O) groups is 2. The van der Waals surface area contributed by atoms with E-state index in [-0.39, 0.29) is 24.9 Å². The van der Waals surface area contributed by atoms with E-state index in [2.05, 4.69) is 30.6 Å². The van der Waals surface area contributed by atoms with E-state index in [0.29, 0.717) is 44.4 Å². The van der Waals surface area contributed by atoms with Crippen molar-refractivity contribution in [1.82, 2.24) is 30.0 Å². The Bertz CT molecular complexity index is 1020. The Morgan fingerprint density at radius 2 is 1.78 bits per heavy atom. The Hall–Kier alpha value is -3.95. The first-order valence-electron chi connectivity index (χ1n) is 10.6. The van der Waals surface area contributed by atoms with Gasteiger partial charge in [0.25, 0.3) is 0 Å². The Kier molecular flexibility index (Phi) is 6.91. The van der Waals surface area contributed by atoms with E-state index >= 15 is 0 Å². The van der Waals surface area contributed by atoms with Crippen molar-refractivity contribution in [3.05, 3.63) is 66.7 Å². The summed E-state index contributed by atoms with van der Waals surface area (Å²) in [6.45, 7) is 3.53.